The Morgan fingerprint density at radius 2 is 1.72 bits per heavy atom. The van der Waals surface area contributed by atoms with Crippen molar-refractivity contribution in [1.29, 1.82) is 0 Å². The lowest BCUT2D eigenvalue weighted by molar-refractivity contribution is 0.0994. The van der Waals surface area contributed by atoms with Crippen LogP contribution >= 0.6 is 0 Å². The summed E-state index contributed by atoms with van der Waals surface area (Å²) in [6.07, 6.45) is -1.70. The molecule has 0 heterocycles. The second-order valence-electron chi connectivity index (χ2n) is 8.03. The number of rotatable bonds is 12. The van der Waals surface area contributed by atoms with E-state index in [2.05, 4.69) is 5.32 Å². The van der Waals surface area contributed by atoms with Gasteiger partial charge in [-0.1, -0.05) is 44.2 Å². The maximum Gasteiger partial charge on any atom is 0.404 e. The fourth-order valence-corrected chi connectivity index (χ4v) is 4.73. The number of carbonyl (C=O) groups is 1. The van der Waals surface area contributed by atoms with Gasteiger partial charge >= 0.3 is 6.09 Å². The summed E-state index contributed by atoms with van der Waals surface area (Å²) in [4.78, 5) is 11.4. The first kappa shape index (κ1) is 25.6. The number of sulfonamides is 1. The molecule has 0 saturated carbocycles. The Hall–Kier alpha value is -2.62. The molecule has 2 aromatic rings. The monoisotopic (exact) mass is 464 g/mol. The third-order valence-corrected chi connectivity index (χ3v) is 6.99. The second kappa shape index (κ2) is 11.8. The molecular formula is C23H32N2O6S. The fourth-order valence-electron chi connectivity index (χ4n) is 3.25. The van der Waals surface area contributed by atoms with E-state index in [1.807, 2.05) is 44.2 Å². The predicted octanol–water partition coefficient (Wildman–Crippen LogP) is 2.97. The van der Waals surface area contributed by atoms with Crippen molar-refractivity contribution in [2.45, 2.75) is 43.7 Å². The third-order valence-electron chi connectivity index (χ3n) is 5.12. The highest BCUT2D eigenvalue weighted by Gasteiger charge is 2.30. The van der Waals surface area contributed by atoms with Gasteiger partial charge in [-0.2, -0.15) is 4.31 Å². The van der Waals surface area contributed by atoms with Crippen LogP contribution in [0.15, 0.2) is 59.5 Å². The van der Waals surface area contributed by atoms with E-state index in [1.54, 1.807) is 12.1 Å². The average Bonchev–Trinajstić information content (AvgIpc) is 2.76. The van der Waals surface area contributed by atoms with Crippen LogP contribution in [0.3, 0.4) is 0 Å². The van der Waals surface area contributed by atoms with Crippen molar-refractivity contribution in [2.24, 2.45) is 5.92 Å². The predicted molar refractivity (Wildman–Crippen MR) is 122 cm³/mol. The maximum absolute atomic E-state index is 13.3. The summed E-state index contributed by atoms with van der Waals surface area (Å²) < 4.78 is 33.0. The van der Waals surface area contributed by atoms with Crippen molar-refractivity contribution in [1.82, 2.24) is 9.62 Å². The molecule has 0 aliphatic carbocycles. The number of amides is 1. The van der Waals surface area contributed by atoms with Gasteiger partial charge in [-0.3, -0.25) is 0 Å². The van der Waals surface area contributed by atoms with Crippen LogP contribution in [-0.2, 0) is 16.4 Å². The maximum atomic E-state index is 13.3. The number of hydrogen-bond acceptors (Lipinski definition) is 5. The van der Waals surface area contributed by atoms with Crippen LogP contribution in [0.25, 0.3) is 0 Å². The molecule has 3 N–H and O–H groups in total. The standard InChI is InChI=1S/C23H32N2O6S/c1-17(2)13-14-25(32(29,30)20-11-9-19(31-3)10-12-20)16-22(26)21(24-23(27)28)15-18-7-5-4-6-8-18/h4-12,17,21-22,24,26H,13-16H2,1-3H3,(H,27,28)/t21-,22+/m0/s1. The zero-order valence-electron chi connectivity index (χ0n) is 18.6. The Bertz CT molecular complexity index is 948. The largest absolute Gasteiger partial charge is 0.497 e. The molecule has 2 aromatic carbocycles. The number of carboxylic acid groups (broad SMARTS) is 1. The molecule has 0 bridgehead atoms. The Labute approximate surface area is 189 Å². The van der Waals surface area contributed by atoms with Crippen molar-refractivity contribution in [3.63, 3.8) is 0 Å². The van der Waals surface area contributed by atoms with Gasteiger partial charge in [0.1, 0.15) is 5.75 Å². The van der Waals surface area contributed by atoms with Gasteiger partial charge in [0.2, 0.25) is 10.0 Å². The van der Waals surface area contributed by atoms with E-state index in [4.69, 9.17) is 4.74 Å². The molecule has 32 heavy (non-hydrogen) atoms. The van der Waals surface area contributed by atoms with E-state index in [0.29, 0.717) is 12.2 Å². The first-order chi connectivity index (χ1) is 15.1. The lowest BCUT2D eigenvalue weighted by Crippen LogP contribution is -2.50. The van der Waals surface area contributed by atoms with E-state index in [9.17, 15) is 23.4 Å². The van der Waals surface area contributed by atoms with Crippen LogP contribution in [-0.4, -0.2) is 61.4 Å². The summed E-state index contributed by atoms with van der Waals surface area (Å²) in [7, 11) is -2.41. The molecule has 0 saturated heterocycles. The van der Waals surface area contributed by atoms with Gasteiger partial charge in [-0.25, -0.2) is 13.2 Å². The van der Waals surface area contributed by atoms with E-state index >= 15 is 0 Å². The highest BCUT2D eigenvalue weighted by atomic mass is 32.2. The molecule has 0 fully saturated rings. The number of aliphatic hydroxyl groups is 1. The van der Waals surface area contributed by atoms with Gasteiger partial charge in [0.25, 0.3) is 0 Å². The molecule has 2 rings (SSSR count). The summed E-state index contributed by atoms with van der Waals surface area (Å²) >= 11 is 0. The topological polar surface area (TPSA) is 116 Å². The van der Waals surface area contributed by atoms with Crippen molar-refractivity contribution in [3.8, 4) is 5.75 Å². The zero-order valence-corrected chi connectivity index (χ0v) is 19.5. The van der Waals surface area contributed by atoms with Crippen LogP contribution in [0.5, 0.6) is 5.75 Å². The van der Waals surface area contributed by atoms with E-state index in [1.165, 1.54) is 23.5 Å². The molecule has 0 aromatic heterocycles. The van der Waals surface area contributed by atoms with E-state index in [0.717, 1.165) is 5.56 Å². The van der Waals surface area contributed by atoms with Crippen LogP contribution in [0, 0.1) is 5.92 Å². The number of nitrogens with zero attached hydrogens (tertiary/aromatic N) is 1. The van der Waals surface area contributed by atoms with Crippen LogP contribution < -0.4 is 10.1 Å². The smallest absolute Gasteiger partial charge is 0.404 e. The molecule has 9 heteroatoms. The molecule has 0 aliphatic heterocycles. The molecule has 0 aliphatic rings. The van der Waals surface area contributed by atoms with Gasteiger partial charge in [-0.05, 0) is 48.6 Å². The molecule has 0 unspecified atom stereocenters. The minimum absolute atomic E-state index is 0.0834. The van der Waals surface area contributed by atoms with Gasteiger partial charge < -0.3 is 20.3 Å². The minimum Gasteiger partial charge on any atom is -0.497 e. The van der Waals surface area contributed by atoms with Crippen molar-refractivity contribution in [3.05, 3.63) is 60.2 Å². The number of aliphatic hydroxyl groups excluding tert-OH is 1. The Morgan fingerprint density at radius 3 is 2.25 bits per heavy atom. The highest BCUT2D eigenvalue weighted by molar-refractivity contribution is 7.89. The van der Waals surface area contributed by atoms with E-state index in [-0.39, 0.29) is 30.3 Å². The number of hydrogen-bond donors (Lipinski definition) is 3. The second-order valence-corrected chi connectivity index (χ2v) is 9.97. The highest BCUT2D eigenvalue weighted by Crippen LogP contribution is 2.21. The number of benzene rings is 2. The first-order valence-corrected chi connectivity index (χ1v) is 11.9. The van der Waals surface area contributed by atoms with Gasteiger partial charge in [0.05, 0.1) is 24.2 Å². The minimum atomic E-state index is -3.91. The Morgan fingerprint density at radius 1 is 1.09 bits per heavy atom. The van der Waals surface area contributed by atoms with E-state index < -0.39 is 28.3 Å². The van der Waals surface area contributed by atoms with Gasteiger partial charge in [0.15, 0.2) is 0 Å². The fraction of sp³-hybridized carbons (Fsp3) is 0.435. The van der Waals surface area contributed by atoms with Crippen molar-refractivity contribution in [2.75, 3.05) is 20.2 Å². The lowest BCUT2D eigenvalue weighted by Gasteiger charge is -2.29. The van der Waals surface area contributed by atoms with Crippen LogP contribution in [0.4, 0.5) is 4.79 Å². The summed E-state index contributed by atoms with van der Waals surface area (Å²) in [5.41, 5.74) is 0.831. The number of methoxy groups -OCH3 is 1. The van der Waals surface area contributed by atoms with Crippen molar-refractivity contribution < 1.29 is 28.2 Å². The third kappa shape index (κ3) is 7.51. The van der Waals surface area contributed by atoms with Gasteiger partial charge in [-0.15, -0.1) is 0 Å². The SMILES string of the molecule is COc1ccc(S(=O)(=O)N(CCC(C)C)C[C@@H](O)[C@H](Cc2ccccc2)NC(=O)O)cc1. The average molecular weight is 465 g/mol. The molecule has 0 radical (unpaired) electrons. The Balaban J connectivity index is 2.28. The van der Waals surface area contributed by atoms with Crippen LogP contribution in [0.1, 0.15) is 25.8 Å². The van der Waals surface area contributed by atoms with Gasteiger partial charge in [0, 0.05) is 13.1 Å². The molecule has 0 spiro atoms. The lowest BCUT2D eigenvalue weighted by atomic mass is 10.0. The van der Waals surface area contributed by atoms with Crippen molar-refractivity contribution >= 4 is 16.1 Å². The number of ether oxygens (including phenoxy) is 1. The molecule has 1 amide bonds. The molecule has 8 nitrogen and oxygen atoms in total. The Kier molecular flexibility index (Phi) is 9.49. The molecule has 2 atom stereocenters. The zero-order chi connectivity index (χ0) is 23.7. The first-order valence-electron chi connectivity index (χ1n) is 10.5. The summed E-state index contributed by atoms with van der Waals surface area (Å²) in [5, 5.41) is 22.5. The quantitative estimate of drug-likeness (QED) is 0.445. The normalized spacial score (nSPS) is 13.7. The number of nitrogens with one attached hydrogen (secondary N) is 1. The molecular weight excluding hydrogens is 432 g/mol. The summed E-state index contributed by atoms with van der Waals surface area (Å²) in [5.74, 6) is 0.782. The summed E-state index contributed by atoms with van der Waals surface area (Å²) in [6.45, 7) is 3.94. The summed E-state index contributed by atoms with van der Waals surface area (Å²) in [6, 6.07) is 14.3. The molecule has 176 valence electrons. The van der Waals surface area contributed by atoms with Crippen LogP contribution in [0.2, 0.25) is 0 Å².